The van der Waals surface area contributed by atoms with Crippen molar-refractivity contribution in [1.29, 1.82) is 0 Å². The van der Waals surface area contributed by atoms with Gasteiger partial charge in [0.05, 0.1) is 19.7 Å². The molecule has 2 aromatic carbocycles. The SMILES string of the molecule is COc1cc2ncnc(N3CCN(c4ncc(Cc5cccc(F)c5)cn4)CC3)c2cc1OC. The smallest absolute Gasteiger partial charge is 0.225 e. The fraction of sp³-hybridized carbons (Fsp3) is 0.280. The van der Waals surface area contributed by atoms with E-state index in [9.17, 15) is 4.39 Å². The predicted octanol–water partition coefficient (Wildman–Crippen LogP) is 3.49. The predicted molar refractivity (Wildman–Crippen MR) is 128 cm³/mol. The lowest BCUT2D eigenvalue weighted by Gasteiger charge is -2.35. The van der Waals surface area contributed by atoms with Gasteiger partial charge in [0.15, 0.2) is 11.5 Å². The first-order chi connectivity index (χ1) is 16.6. The second-order valence-electron chi connectivity index (χ2n) is 8.09. The molecule has 0 amide bonds. The van der Waals surface area contributed by atoms with Crippen LogP contribution in [-0.2, 0) is 6.42 Å². The van der Waals surface area contributed by atoms with Gasteiger partial charge in [-0.25, -0.2) is 24.3 Å². The van der Waals surface area contributed by atoms with E-state index in [1.54, 1.807) is 26.6 Å². The molecule has 0 aliphatic carbocycles. The number of fused-ring (bicyclic) bond motifs is 1. The number of piperazine rings is 1. The van der Waals surface area contributed by atoms with Gasteiger partial charge in [-0.15, -0.1) is 0 Å². The van der Waals surface area contributed by atoms with Crippen LogP contribution in [0.3, 0.4) is 0 Å². The second-order valence-corrected chi connectivity index (χ2v) is 8.09. The summed E-state index contributed by atoms with van der Waals surface area (Å²) < 4.78 is 24.3. The molecule has 34 heavy (non-hydrogen) atoms. The summed E-state index contributed by atoms with van der Waals surface area (Å²) in [6.07, 6.45) is 5.81. The number of aromatic nitrogens is 4. The van der Waals surface area contributed by atoms with Crippen LogP contribution in [0.4, 0.5) is 16.2 Å². The summed E-state index contributed by atoms with van der Waals surface area (Å²) in [4.78, 5) is 22.5. The highest BCUT2D eigenvalue weighted by atomic mass is 19.1. The van der Waals surface area contributed by atoms with E-state index in [0.717, 1.165) is 54.0 Å². The van der Waals surface area contributed by atoms with Crippen molar-refractivity contribution in [1.82, 2.24) is 19.9 Å². The summed E-state index contributed by atoms with van der Waals surface area (Å²) >= 11 is 0. The van der Waals surface area contributed by atoms with Crippen LogP contribution in [-0.4, -0.2) is 60.3 Å². The van der Waals surface area contributed by atoms with Gasteiger partial charge in [-0.2, -0.15) is 0 Å². The molecule has 1 aliphatic rings. The molecule has 174 valence electrons. The number of halogens is 1. The second kappa shape index (κ2) is 9.46. The molecular weight excluding hydrogens is 435 g/mol. The van der Waals surface area contributed by atoms with Gasteiger partial charge in [0.1, 0.15) is 18.0 Å². The molecule has 5 rings (SSSR count). The summed E-state index contributed by atoms with van der Waals surface area (Å²) in [5, 5.41) is 0.923. The molecule has 4 aromatic rings. The Morgan fingerprint density at radius 3 is 2.24 bits per heavy atom. The van der Waals surface area contributed by atoms with E-state index in [0.29, 0.717) is 23.9 Å². The summed E-state index contributed by atoms with van der Waals surface area (Å²) in [5.41, 5.74) is 2.66. The van der Waals surface area contributed by atoms with Crippen molar-refractivity contribution >= 4 is 22.7 Å². The minimum atomic E-state index is -0.234. The van der Waals surface area contributed by atoms with E-state index >= 15 is 0 Å². The first kappa shape index (κ1) is 21.8. The number of hydrogen-bond donors (Lipinski definition) is 0. The fourth-order valence-corrected chi connectivity index (χ4v) is 4.22. The molecule has 1 fully saturated rings. The van der Waals surface area contributed by atoms with Gasteiger partial charge < -0.3 is 19.3 Å². The molecule has 0 atom stereocenters. The van der Waals surface area contributed by atoms with Crippen molar-refractivity contribution in [2.24, 2.45) is 0 Å². The first-order valence-electron chi connectivity index (χ1n) is 11.1. The molecule has 9 heteroatoms. The molecule has 0 unspecified atom stereocenters. The Balaban J connectivity index is 1.28. The van der Waals surface area contributed by atoms with Gasteiger partial charge in [-0.1, -0.05) is 12.1 Å². The summed E-state index contributed by atoms with van der Waals surface area (Å²) in [5.74, 6) is 2.62. The zero-order valence-corrected chi connectivity index (χ0v) is 19.1. The molecule has 0 radical (unpaired) electrons. The molecule has 0 N–H and O–H groups in total. The van der Waals surface area contributed by atoms with Crippen LogP contribution in [0.25, 0.3) is 10.9 Å². The molecule has 8 nitrogen and oxygen atoms in total. The van der Waals surface area contributed by atoms with Crippen molar-refractivity contribution in [2.45, 2.75) is 6.42 Å². The van der Waals surface area contributed by atoms with Crippen molar-refractivity contribution < 1.29 is 13.9 Å². The van der Waals surface area contributed by atoms with Crippen molar-refractivity contribution in [3.8, 4) is 11.5 Å². The molecule has 1 aliphatic heterocycles. The van der Waals surface area contributed by atoms with Gasteiger partial charge in [0.2, 0.25) is 5.95 Å². The normalized spacial score (nSPS) is 13.9. The fourth-order valence-electron chi connectivity index (χ4n) is 4.22. The average molecular weight is 461 g/mol. The van der Waals surface area contributed by atoms with E-state index in [2.05, 4.69) is 29.7 Å². The molecule has 0 saturated carbocycles. The maximum absolute atomic E-state index is 13.4. The molecule has 0 spiro atoms. The number of anilines is 2. The summed E-state index contributed by atoms with van der Waals surface area (Å²) in [6.45, 7) is 3.08. The highest BCUT2D eigenvalue weighted by Crippen LogP contribution is 2.35. The van der Waals surface area contributed by atoms with Crippen molar-refractivity contribution in [3.05, 3.63) is 72.1 Å². The first-order valence-corrected chi connectivity index (χ1v) is 11.1. The molecule has 2 aromatic heterocycles. The van der Waals surface area contributed by atoms with Crippen molar-refractivity contribution in [3.63, 3.8) is 0 Å². The Labute approximate surface area is 197 Å². The van der Waals surface area contributed by atoms with Crippen LogP contribution in [0.2, 0.25) is 0 Å². The third-order valence-electron chi connectivity index (χ3n) is 5.97. The molecule has 0 bridgehead atoms. The zero-order valence-electron chi connectivity index (χ0n) is 19.1. The van der Waals surface area contributed by atoms with Gasteiger partial charge >= 0.3 is 0 Å². The minimum Gasteiger partial charge on any atom is -0.493 e. The van der Waals surface area contributed by atoms with Crippen LogP contribution in [0.5, 0.6) is 11.5 Å². The van der Waals surface area contributed by atoms with Crippen LogP contribution in [0.1, 0.15) is 11.1 Å². The largest absolute Gasteiger partial charge is 0.493 e. The average Bonchev–Trinajstić information content (AvgIpc) is 2.88. The number of ether oxygens (including phenoxy) is 2. The number of methoxy groups -OCH3 is 2. The Kier molecular flexibility index (Phi) is 6.07. The standard InChI is InChI=1S/C25H25FN6O2/c1-33-22-12-20-21(13-23(22)34-2)29-16-30-24(20)31-6-8-32(9-7-31)25-27-14-18(15-28-25)10-17-4-3-5-19(26)11-17/h3-5,11-16H,6-10H2,1-2H3. The van der Waals surface area contributed by atoms with E-state index in [4.69, 9.17) is 9.47 Å². The third kappa shape index (κ3) is 4.41. The monoisotopic (exact) mass is 460 g/mol. The van der Waals surface area contributed by atoms with Gasteiger partial charge in [0, 0.05) is 56.4 Å². The number of benzene rings is 2. The Bertz CT molecular complexity index is 1290. The quantitative estimate of drug-likeness (QED) is 0.433. The van der Waals surface area contributed by atoms with Crippen LogP contribution < -0.4 is 19.3 Å². The number of rotatable bonds is 6. The van der Waals surface area contributed by atoms with E-state index in [-0.39, 0.29) is 5.82 Å². The van der Waals surface area contributed by atoms with Crippen LogP contribution in [0.15, 0.2) is 55.1 Å². The van der Waals surface area contributed by atoms with Gasteiger partial charge in [-0.05, 0) is 29.3 Å². The maximum Gasteiger partial charge on any atom is 0.225 e. The lowest BCUT2D eigenvalue weighted by atomic mass is 10.1. The van der Waals surface area contributed by atoms with E-state index < -0.39 is 0 Å². The summed E-state index contributed by atoms with van der Waals surface area (Å²) in [6, 6.07) is 10.4. The Morgan fingerprint density at radius 1 is 0.824 bits per heavy atom. The lowest BCUT2D eigenvalue weighted by Crippen LogP contribution is -2.47. The zero-order chi connectivity index (χ0) is 23.5. The summed E-state index contributed by atoms with van der Waals surface area (Å²) in [7, 11) is 3.23. The topological polar surface area (TPSA) is 76.5 Å². The Hall–Kier alpha value is -4.01. The number of hydrogen-bond acceptors (Lipinski definition) is 8. The van der Waals surface area contributed by atoms with E-state index in [1.807, 2.05) is 30.6 Å². The maximum atomic E-state index is 13.4. The van der Waals surface area contributed by atoms with Gasteiger partial charge in [0.25, 0.3) is 0 Å². The van der Waals surface area contributed by atoms with Crippen LogP contribution >= 0.6 is 0 Å². The highest BCUT2D eigenvalue weighted by molar-refractivity contribution is 5.92. The lowest BCUT2D eigenvalue weighted by molar-refractivity contribution is 0.356. The minimum absolute atomic E-state index is 0.234. The van der Waals surface area contributed by atoms with Crippen LogP contribution in [0, 0.1) is 5.82 Å². The Morgan fingerprint density at radius 2 is 1.53 bits per heavy atom. The third-order valence-corrected chi connectivity index (χ3v) is 5.97. The molecular formula is C25H25FN6O2. The molecule has 3 heterocycles. The van der Waals surface area contributed by atoms with Gasteiger partial charge in [-0.3, -0.25) is 0 Å². The number of nitrogens with zero attached hydrogens (tertiary/aromatic N) is 6. The highest BCUT2D eigenvalue weighted by Gasteiger charge is 2.22. The van der Waals surface area contributed by atoms with Crippen molar-refractivity contribution in [2.75, 3.05) is 50.2 Å². The van der Waals surface area contributed by atoms with E-state index in [1.165, 1.54) is 12.1 Å². The molecule has 1 saturated heterocycles.